The number of hydrogen-bond donors (Lipinski definition) is 2. The zero-order valence-corrected chi connectivity index (χ0v) is 13.4. The minimum Gasteiger partial charge on any atom is -0.513 e. The van der Waals surface area contributed by atoms with Gasteiger partial charge < -0.3 is 10.2 Å². The van der Waals surface area contributed by atoms with Crippen LogP contribution in [0, 0.1) is 17.3 Å². The molecule has 118 valence electrons. The Hall–Kier alpha value is -1.02. The van der Waals surface area contributed by atoms with Gasteiger partial charge in [-0.25, -0.2) is 0 Å². The largest absolute Gasteiger partial charge is 0.513 e. The van der Waals surface area contributed by atoms with Gasteiger partial charge in [-0.2, -0.15) is 0 Å². The predicted octanol–water partition coefficient (Wildman–Crippen LogP) is 4.92. The molecule has 0 spiro atoms. The van der Waals surface area contributed by atoms with Crippen LogP contribution in [0.1, 0.15) is 58.3 Å². The monoisotopic (exact) mass is 290 g/mol. The molecule has 0 aromatic rings. The van der Waals surface area contributed by atoms with Crippen LogP contribution >= 0.6 is 0 Å². The van der Waals surface area contributed by atoms with E-state index in [-0.39, 0.29) is 12.0 Å². The third kappa shape index (κ3) is 3.42. The lowest BCUT2D eigenvalue weighted by atomic mass is 9.51. The summed E-state index contributed by atoms with van der Waals surface area (Å²) >= 11 is 0. The van der Waals surface area contributed by atoms with Gasteiger partial charge in [0.2, 0.25) is 0 Å². The fraction of sp³-hybridized carbons (Fsp3) is 0.684. The van der Waals surface area contributed by atoms with E-state index >= 15 is 0 Å². The number of rotatable bonds is 6. The van der Waals surface area contributed by atoms with E-state index in [1.807, 2.05) is 12.2 Å². The van der Waals surface area contributed by atoms with Crippen LogP contribution in [0.15, 0.2) is 36.1 Å². The molecular weight excluding hydrogens is 260 g/mol. The molecule has 2 aliphatic carbocycles. The molecule has 1 atom stereocenters. The summed E-state index contributed by atoms with van der Waals surface area (Å²) in [6.07, 6.45) is 15.6. The zero-order chi connectivity index (χ0) is 15.3. The number of aliphatic hydroxyl groups excluding tert-OH is 2. The standard InChI is InChI=1S/C19H30O2/c1-3-7-17(14-15(2)21)19-11-4-8-16(9-5-12-19)18(19)10-6-13-20/h3,7,14,16,18,20-21H,1,4-6,8-13H2,2H3/b15-14+,17-7+. The summed E-state index contributed by atoms with van der Waals surface area (Å²) < 4.78 is 0. The average molecular weight is 290 g/mol. The van der Waals surface area contributed by atoms with Crippen molar-refractivity contribution in [3.8, 4) is 0 Å². The lowest BCUT2D eigenvalue weighted by molar-refractivity contribution is 0.0149. The summed E-state index contributed by atoms with van der Waals surface area (Å²) in [6, 6.07) is 0. The van der Waals surface area contributed by atoms with Crippen LogP contribution in [0.3, 0.4) is 0 Å². The predicted molar refractivity (Wildman–Crippen MR) is 88.1 cm³/mol. The summed E-state index contributed by atoms with van der Waals surface area (Å²) in [5.74, 6) is 1.82. The van der Waals surface area contributed by atoms with E-state index in [4.69, 9.17) is 0 Å². The maximum absolute atomic E-state index is 9.78. The highest BCUT2D eigenvalue weighted by Crippen LogP contribution is 2.58. The molecule has 2 rings (SSSR count). The molecule has 2 aliphatic rings. The van der Waals surface area contributed by atoms with Crippen LogP contribution in [-0.2, 0) is 0 Å². The van der Waals surface area contributed by atoms with E-state index in [2.05, 4.69) is 12.7 Å². The smallest absolute Gasteiger partial charge is 0.0894 e. The van der Waals surface area contributed by atoms with Crippen molar-refractivity contribution in [3.63, 3.8) is 0 Å². The number of fused-ring (bicyclic) bond motifs is 2. The topological polar surface area (TPSA) is 40.5 Å². The van der Waals surface area contributed by atoms with E-state index in [0.29, 0.717) is 11.7 Å². The van der Waals surface area contributed by atoms with Crippen molar-refractivity contribution in [3.05, 3.63) is 36.1 Å². The van der Waals surface area contributed by atoms with E-state index < -0.39 is 0 Å². The van der Waals surface area contributed by atoms with Crippen LogP contribution in [0.4, 0.5) is 0 Å². The fourth-order valence-corrected chi connectivity index (χ4v) is 4.89. The van der Waals surface area contributed by atoms with Gasteiger partial charge in [-0.1, -0.05) is 44.4 Å². The summed E-state index contributed by atoms with van der Waals surface area (Å²) in [7, 11) is 0. The SMILES string of the molecule is C=C/C=C(\C=C(/C)O)C12CCCC(CCC1)C2CCCO. The highest BCUT2D eigenvalue weighted by Gasteiger charge is 2.48. The van der Waals surface area contributed by atoms with Crippen LogP contribution in [-0.4, -0.2) is 16.8 Å². The number of hydrogen-bond acceptors (Lipinski definition) is 2. The lowest BCUT2D eigenvalue weighted by Crippen LogP contribution is -2.44. The minimum atomic E-state index is 0.189. The maximum atomic E-state index is 9.78. The maximum Gasteiger partial charge on any atom is 0.0894 e. The lowest BCUT2D eigenvalue weighted by Gasteiger charge is -2.53. The zero-order valence-electron chi connectivity index (χ0n) is 13.4. The molecule has 0 aromatic heterocycles. The summed E-state index contributed by atoms with van der Waals surface area (Å²) in [6.45, 7) is 5.90. The van der Waals surface area contributed by atoms with Crippen LogP contribution < -0.4 is 0 Å². The molecule has 0 amide bonds. The number of allylic oxidation sites excluding steroid dienone is 5. The van der Waals surface area contributed by atoms with Gasteiger partial charge in [-0.05, 0) is 61.5 Å². The van der Waals surface area contributed by atoms with Crippen molar-refractivity contribution in [2.75, 3.05) is 6.61 Å². The van der Waals surface area contributed by atoms with E-state index in [1.165, 1.54) is 44.1 Å². The molecule has 21 heavy (non-hydrogen) atoms. The first kappa shape index (κ1) is 16.4. The van der Waals surface area contributed by atoms with Gasteiger partial charge in [-0.15, -0.1) is 0 Å². The Morgan fingerprint density at radius 2 is 1.95 bits per heavy atom. The van der Waals surface area contributed by atoms with Crippen LogP contribution in [0.5, 0.6) is 0 Å². The molecule has 2 saturated carbocycles. The minimum absolute atomic E-state index is 0.189. The second-order valence-electron chi connectivity index (χ2n) is 6.82. The summed E-state index contributed by atoms with van der Waals surface area (Å²) in [5, 5.41) is 19.0. The Kier molecular flexibility index (Phi) is 5.69. The quantitative estimate of drug-likeness (QED) is 0.538. The molecule has 2 heteroatoms. The number of aliphatic hydroxyl groups is 2. The van der Waals surface area contributed by atoms with Gasteiger partial charge in [0.15, 0.2) is 0 Å². The molecule has 0 radical (unpaired) electrons. The molecule has 2 fully saturated rings. The second-order valence-corrected chi connectivity index (χ2v) is 6.82. The van der Waals surface area contributed by atoms with Crippen LogP contribution in [0.2, 0.25) is 0 Å². The Bertz CT molecular complexity index is 405. The molecule has 1 unspecified atom stereocenters. The molecule has 0 aromatic carbocycles. The second kappa shape index (κ2) is 7.31. The molecule has 2 nitrogen and oxygen atoms in total. The first-order chi connectivity index (χ1) is 10.1. The highest BCUT2D eigenvalue weighted by molar-refractivity contribution is 5.33. The Morgan fingerprint density at radius 3 is 2.48 bits per heavy atom. The Morgan fingerprint density at radius 1 is 1.29 bits per heavy atom. The van der Waals surface area contributed by atoms with Crippen molar-refractivity contribution in [1.29, 1.82) is 0 Å². The van der Waals surface area contributed by atoms with Crippen molar-refractivity contribution >= 4 is 0 Å². The molecule has 2 bridgehead atoms. The molecule has 0 aliphatic heterocycles. The fourth-order valence-electron chi connectivity index (χ4n) is 4.89. The van der Waals surface area contributed by atoms with Crippen LogP contribution in [0.25, 0.3) is 0 Å². The van der Waals surface area contributed by atoms with Gasteiger partial charge in [0, 0.05) is 6.61 Å². The summed E-state index contributed by atoms with van der Waals surface area (Å²) in [5.41, 5.74) is 1.44. The molecule has 0 saturated heterocycles. The van der Waals surface area contributed by atoms with Gasteiger partial charge >= 0.3 is 0 Å². The molecular formula is C19H30O2. The highest BCUT2D eigenvalue weighted by atomic mass is 16.3. The normalized spacial score (nSPS) is 33.8. The summed E-state index contributed by atoms with van der Waals surface area (Å²) in [4.78, 5) is 0. The Labute approximate surface area is 129 Å². The third-order valence-corrected chi connectivity index (χ3v) is 5.58. The first-order valence-electron chi connectivity index (χ1n) is 8.45. The molecule has 2 N–H and O–H groups in total. The van der Waals surface area contributed by atoms with E-state index in [0.717, 1.165) is 18.8 Å². The van der Waals surface area contributed by atoms with Crippen molar-refractivity contribution in [2.24, 2.45) is 17.3 Å². The van der Waals surface area contributed by atoms with Gasteiger partial charge in [0.05, 0.1) is 5.76 Å². The van der Waals surface area contributed by atoms with Crippen molar-refractivity contribution in [2.45, 2.75) is 58.3 Å². The van der Waals surface area contributed by atoms with Crippen molar-refractivity contribution in [1.82, 2.24) is 0 Å². The average Bonchev–Trinajstić information content (AvgIpc) is 2.43. The van der Waals surface area contributed by atoms with Gasteiger partial charge in [0.1, 0.15) is 0 Å². The third-order valence-electron chi connectivity index (χ3n) is 5.58. The van der Waals surface area contributed by atoms with E-state index in [9.17, 15) is 10.2 Å². The molecule has 0 heterocycles. The van der Waals surface area contributed by atoms with Gasteiger partial charge in [0.25, 0.3) is 0 Å². The first-order valence-corrected chi connectivity index (χ1v) is 8.45. The van der Waals surface area contributed by atoms with Crippen molar-refractivity contribution < 1.29 is 10.2 Å². The van der Waals surface area contributed by atoms with Gasteiger partial charge in [-0.3, -0.25) is 0 Å². The van der Waals surface area contributed by atoms with E-state index in [1.54, 1.807) is 6.92 Å². The Balaban J connectivity index is 2.38.